The SMILES string of the molecule is COc1ccc2c(c1)CCC1CCN(C)CC(CC(C)NC(C)C)=C21.Cl.Cl. The maximum Gasteiger partial charge on any atom is 0.119 e. The number of likely N-dealkylation sites (N-methyl/N-ethyl adjacent to an activating group) is 1. The van der Waals surface area contributed by atoms with Crippen LogP contribution in [-0.4, -0.2) is 44.2 Å². The summed E-state index contributed by atoms with van der Waals surface area (Å²) in [7, 11) is 4.03. The Morgan fingerprint density at radius 3 is 2.59 bits per heavy atom. The number of methoxy groups -OCH3 is 1. The van der Waals surface area contributed by atoms with Crippen LogP contribution < -0.4 is 10.1 Å². The van der Waals surface area contributed by atoms with Gasteiger partial charge in [-0.25, -0.2) is 0 Å². The third kappa shape index (κ3) is 5.87. The molecule has 5 heteroatoms. The summed E-state index contributed by atoms with van der Waals surface area (Å²) in [6, 6.07) is 7.74. The number of ether oxygens (including phenoxy) is 1. The number of aryl methyl sites for hydroxylation is 1. The Kier molecular flexibility index (Phi) is 9.64. The molecular weight excluding hydrogens is 379 g/mol. The van der Waals surface area contributed by atoms with Gasteiger partial charge < -0.3 is 15.0 Å². The van der Waals surface area contributed by atoms with Crippen molar-refractivity contribution < 1.29 is 4.74 Å². The number of hydrogen-bond donors (Lipinski definition) is 1. The fraction of sp³-hybridized carbons (Fsp3) is 0.636. The van der Waals surface area contributed by atoms with Crippen LogP contribution in [0.4, 0.5) is 0 Å². The van der Waals surface area contributed by atoms with Gasteiger partial charge in [0, 0.05) is 18.6 Å². The molecule has 1 heterocycles. The van der Waals surface area contributed by atoms with Crippen molar-refractivity contribution in [2.45, 2.75) is 58.5 Å². The van der Waals surface area contributed by atoms with Crippen molar-refractivity contribution in [3.05, 3.63) is 34.9 Å². The van der Waals surface area contributed by atoms with E-state index in [1.54, 1.807) is 18.3 Å². The predicted molar refractivity (Wildman–Crippen MR) is 121 cm³/mol. The number of nitrogens with one attached hydrogen (secondary N) is 1. The minimum Gasteiger partial charge on any atom is -0.497 e. The molecule has 1 aromatic rings. The molecule has 0 radical (unpaired) electrons. The van der Waals surface area contributed by atoms with Crippen LogP contribution in [0.15, 0.2) is 23.8 Å². The van der Waals surface area contributed by atoms with E-state index < -0.39 is 0 Å². The largest absolute Gasteiger partial charge is 0.497 e. The standard InChI is InChI=1S/C22H34N2O.2ClH/c1-15(2)23-16(3)12-19-14-24(4)11-10-17-6-7-18-13-20(25-5)8-9-21(18)22(17)19;;/h8-9,13,15-17,23H,6-7,10-12,14H2,1-5H3;2*1H. The number of allylic oxidation sites excluding steroid dienone is 1. The lowest BCUT2D eigenvalue weighted by atomic mass is 9.75. The van der Waals surface area contributed by atoms with Gasteiger partial charge in [-0.2, -0.15) is 0 Å². The van der Waals surface area contributed by atoms with Crippen LogP contribution in [-0.2, 0) is 6.42 Å². The number of nitrogens with zero attached hydrogens (tertiary/aromatic N) is 1. The van der Waals surface area contributed by atoms with E-state index in [2.05, 4.69) is 56.2 Å². The van der Waals surface area contributed by atoms with Crippen molar-refractivity contribution >= 4 is 30.4 Å². The van der Waals surface area contributed by atoms with E-state index in [1.165, 1.54) is 36.9 Å². The fourth-order valence-electron chi connectivity index (χ4n) is 4.67. The molecule has 2 atom stereocenters. The smallest absolute Gasteiger partial charge is 0.119 e. The molecule has 0 bridgehead atoms. The lowest BCUT2D eigenvalue weighted by Crippen LogP contribution is -2.34. The van der Waals surface area contributed by atoms with Crippen LogP contribution in [0.3, 0.4) is 0 Å². The Labute approximate surface area is 177 Å². The Balaban J connectivity index is 0.00000182. The molecule has 2 aliphatic rings. The average molecular weight is 415 g/mol. The van der Waals surface area contributed by atoms with Gasteiger partial charge in [0.1, 0.15) is 5.75 Å². The third-order valence-electron chi connectivity index (χ3n) is 5.64. The van der Waals surface area contributed by atoms with E-state index in [9.17, 15) is 0 Å². The summed E-state index contributed by atoms with van der Waals surface area (Å²) in [5.74, 6) is 1.70. The predicted octanol–water partition coefficient (Wildman–Crippen LogP) is 4.97. The lowest BCUT2D eigenvalue weighted by molar-refractivity contribution is 0.341. The molecule has 2 unspecified atom stereocenters. The molecule has 0 amide bonds. The number of halogens is 2. The van der Waals surface area contributed by atoms with Gasteiger partial charge in [0.25, 0.3) is 0 Å². The van der Waals surface area contributed by atoms with Crippen molar-refractivity contribution in [1.29, 1.82) is 0 Å². The molecule has 0 fully saturated rings. The average Bonchev–Trinajstić information content (AvgIpc) is 2.72. The van der Waals surface area contributed by atoms with E-state index in [4.69, 9.17) is 4.74 Å². The van der Waals surface area contributed by atoms with Crippen molar-refractivity contribution in [2.24, 2.45) is 5.92 Å². The molecule has 1 aliphatic heterocycles. The van der Waals surface area contributed by atoms with Gasteiger partial charge in [-0.05, 0) is 81.0 Å². The van der Waals surface area contributed by atoms with Crippen molar-refractivity contribution in [2.75, 3.05) is 27.2 Å². The number of fused-ring (bicyclic) bond motifs is 3. The number of hydrogen-bond acceptors (Lipinski definition) is 3. The minimum absolute atomic E-state index is 0. The first-order valence-electron chi connectivity index (χ1n) is 9.81. The van der Waals surface area contributed by atoms with Crippen LogP contribution in [0.2, 0.25) is 0 Å². The monoisotopic (exact) mass is 414 g/mol. The first kappa shape index (κ1) is 24.3. The molecule has 27 heavy (non-hydrogen) atoms. The molecule has 0 spiro atoms. The molecular formula is C22H36Cl2N2O. The molecule has 0 saturated heterocycles. The van der Waals surface area contributed by atoms with Crippen molar-refractivity contribution in [3.8, 4) is 5.75 Å². The van der Waals surface area contributed by atoms with E-state index in [0.29, 0.717) is 18.0 Å². The van der Waals surface area contributed by atoms with Gasteiger partial charge in [0.2, 0.25) is 0 Å². The van der Waals surface area contributed by atoms with Crippen LogP contribution in [0.1, 0.15) is 51.2 Å². The Bertz CT molecular complexity index is 645. The first-order chi connectivity index (χ1) is 12.0. The maximum absolute atomic E-state index is 5.46. The molecule has 154 valence electrons. The van der Waals surface area contributed by atoms with Crippen molar-refractivity contribution in [3.63, 3.8) is 0 Å². The van der Waals surface area contributed by atoms with Crippen LogP contribution >= 0.6 is 24.8 Å². The summed E-state index contributed by atoms with van der Waals surface area (Å²) in [5, 5.41) is 3.69. The Morgan fingerprint density at radius 1 is 1.19 bits per heavy atom. The first-order valence-corrected chi connectivity index (χ1v) is 9.81. The van der Waals surface area contributed by atoms with Crippen LogP contribution in [0, 0.1) is 5.92 Å². The zero-order chi connectivity index (χ0) is 18.0. The second-order valence-electron chi connectivity index (χ2n) is 8.23. The van der Waals surface area contributed by atoms with Gasteiger partial charge in [-0.1, -0.05) is 25.5 Å². The molecule has 0 saturated carbocycles. The summed E-state index contributed by atoms with van der Waals surface area (Å²) >= 11 is 0. The van der Waals surface area contributed by atoms with E-state index in [-0.39, 0.29) is 24.8 Å². The summed E-state index contributed by atoms with van der Waals surface area (Å²) < 4.78 is 5.46. The highest BCUT2D eigenvalue weighted by atomic mass is 35.5. The molecule has 1 N–H and O–H groups in total. The van der Waals surface area contributed by atoms with Gasteiger partial charge >= 0.3 is 0 Å². The molecule has 1 aromatic carbocycles. The highest BCUT2D eigenvalue weighted by Crippen LogP contribution is 2.43. The normalized spacial score (nSPS) is 20.7. The molecule has 0 aromatic heterocycles. The Morgan fingerprint density at radius 2 is 1.93 bits per heavy atom. The van der Waals surface area contributed by atoms with E-state index in [0.717, 1.165) is 18.7 Å². The summed E-state index contributed by atoms with van der Waals surface area (Å²) in [6.45, 7) is 9.10. The van der Waals surface area contributed by atoms with Gasteiger partial charge in [0.05, 0.1) is 7.11 Å². The highest BCUT2D eigenvalue weighted by Gasteiger charge is 2.30. The molecule has 3 nitrogen and oxygen atoms in total. The second kappa shape index (κ2) is 10.7. The number of benzene rings is 1. The number of rotatable bonds is 5. The van der Waals surface area contributed by atoms with Gasteiger partial charge in [-0.3, -0.25) is 0 Å². The summed E-state index contributed by atoms with van der Waals surface area (Å²) in [4.78, 5) is 2.51. The van der Waals surface area contributed by atoms with Crippen LogP contribution in [0.25, 0.3) is 5.57 Å². The minimum atomic E-state index is 0. The van der Waals surface area contributed by atoms with E-state index >= 15 is 0 Å². The van der Waals surface area contributed by atoms with Crippen LogP contribution in [0.5, 0.6) is 5.75 Å². The maximum atomic E-state index is 5.46. The molecule has 3 rings (SSSR count). The third-order valence-corrected chi connectivity index (χ3v) is 5.64. The summed E-state index contributed by atoms with van der Waals surface area (Å²) in [5.41, 5.74) is 6.23. The topological polar surface area (TPSA) is 24.5 Å². The lowest BCUT2D eigenvalue weighted by Gasteiger charge is -2.30. The van der Waals surface area contributed by atoms with E-state index in [1.807, 2.05) is 0 Å². The zero-order valence-electron chi connectivity index (χ0n) is 17.4. The highest BCUT2D eigenvalue weighted by molar-refractivity contribution is 5.85. The van der Waals surface area contributed by atoms with Gasteiger partial charge in [-0.15, -0.1) is 24.8 Å². The fourth-order valence-corrected chi connectivity index (χ4v) is 4.67. The zero-order valence-corrected chi connectivity index (χ0v) is 19.0. The molecule has 1 aliphatic carbocycles. The Hall–Kier alpha value is -0.740. The second-order valence-corrected chi connectivity index (χ2v) is 8.23. The van der Waals surface area contributed by atoms with Crippen molar-refractivity contribution in [1.82, 2.24) is 10.2 Å². The van der Waals surface area contributed by atoms with Gasteiger partial charge in [0.15, 0.2) is 0 Å². The quantitative estimate of drug-likeness (QED) is 0.735. The summed E-state index contributed by atoms with van der Waals surface area (Å²) in [6.07, 6.45) is 4.88.